The van der Waals surface area contributed by atoms with Crippen LogP contribution in [-0.4, -0.2) is 15.5 Å². The molecule has 3 heterocycles. The zero-order valence-electron chi connectivity index (χ0n) is 15.5. The second-order valence-corrected chi connectivity index (χ2v) is 7.87. The Morgan fingerprint density at radius 2 is 1.83 bits per heavy atom. The number of hydrogen-bond acceptors (Lipinski definition) is 2. The first kappa shape index (κ1) is 17.7. The van der Waals surface area contributed by atoms with Gasteiger partial charge in [-0.2, -0.15) is 0 Å². The smallest absolute Gasteiger partial charge is 0.318 e. The molecule has 0 aliphatic carbocycles. The fraction of sp³-hybridized carbons (Fsp3) is 0.0870. The van der Waals surface area contributed by atoms with Crippen molar-refractivity contribution in [2.24, 2.45) is 0 Å². The van der Waals surface area contributed by atoms with Crippen molar-refractivity contribution in [3.05, 3.63) is 106 Å². The molecule has 0 spiro atoms. The standard InChI is InChI=1S/C23H18FN3OS/c24-17-8-2-3-9-18(17)25-23(28)27-15-16-7-1-4-10-19(16)26-13-5-11-20(26)22(27)21-12-6-14-29-21/h1-14,22H,15H2,(H,25,28)/t22-/m0/s1. The van der Waals surface area contributed by atoms with E-state index in [9.17, 15) is 9.18 Å². The molecule has 144 valence electrons. The third-order valence-electron chi connectivity index (χ3n) is 5.15. The number of carbonyl (C=O) groups excluding carboxylic acids is 1. The van der Waals surface area contributed by atoms with Crippen molar-refractivity contribution in [2.75, 3.05) is 5.32 Å². The molecule has 0 radical (unpaired) electrons. The molecule has 2 amide bonds. The van der Waals surface area contributed by atoms with Crippen molar-refractivity contribution < 1.29 is 9.18 Å². The number of halogens is 1. The predicted molar refractivity (Wildman–Crippen MR) is 113 cm³/mol. The second-order valence-electron chi connectivity index (χ2n) is 6.89. The summed E-state index contributed by atoms with van der Waals surface area (Å²) < 4.78 is 16.3. The summed E-state index contributed by atoms with van der Waals surface area (Å²) in [4.78, 5) is 16.2. The summed E-state index contributed by atoms with van der Waals surface area (Å²) in [5.41, 5.74) is 3.26. The molecule has 0 bridgehead atoms. The van der Waals surface area contributed by atoms with Crippen LogP contribution in [0.5, 0.6) is 0 Å². The van der Waals surface area contributed by atoms with E-state index in [2.05, 4.69) is 16.0 Å². The highest BCUT2D eigenvalue weighted by molar-refractivity contribution is 7.10. The fourth-order valence-electron chi connectivity index (χ4n) is 3.84. The largest absolute Gasteiger partial charge is 0.323 e. The minimum atomic E-state index is -0.452. The molecule has 2 aromatic heterocycles. The highest BCUT2D eigenvalue weighted by atomic mass is 32.1. The Hall–Kier alpha value is -3.38. The number of hydrogen-bond donors (Lipinski definition) is 1. The number of benzene rings is 2. The maximum Gasteiger partial charge on any atom is 0.323 e. The zero-order valence-corrected chi connectivity index (χ0v) is 16.3. The van der Waals surface area contributed by atoms with E-state index in [1.54, 1.807) is 34.4 Å². The maximum absolute atomic E-state index is 14.2. The quantitative estimate of drug-likeness (QED) is 0.450. The molecule has 1 atom stereocenters. The van der Waals surface area contributed by atoms with Crippen LogP contribution in [0.25, 0.3) is 5.69 Å². The van der Waals surface area contributed by atoms with Crippen LogP contribution in [0, 0.1) is 5.82 Å². The van der Waals surface area contributed by atoms with E-state index < -0.39 is 5.82 Å². The molecule has 4 aromatic rings. The Labute approximate surface area is 171 Å². The van der Waals surface area contributed by atoms with Gasteiger partial charge in [-0.15, -0.1) is 11.3 Å². The first-order chi connectivity index (χ1) is 14.2. The minimum absolute atomic E-state index is 0.176. The molecule has 0 unspecified atom stereocenters. The van der Waals surface area contributed by atoms with E-state index in [1.807, 2.05) is 54.0 Å². The Morgan fingerprint density at radius 3 is 2.66 bits per heavy atom. The van der Waals surface area contributed by atoms with Gasteiger partial charge < -0.3 is 14.8 Å². The molecule has 6 heteroatoms. The lowest BCUT2D eigenvalue weighted by atomic mass is 10.1. The van der Waals surface area contributed by atoms with Crippen molar-refractivity contribution in [3.8, 4) is 5.69 Å². The molecule has 0 fully saturated rings. The number of nitrogens with zero attached hydrogens (tertiary/aromatic N) is 2. The van der Waals surface area contributed by atoms with Crippen LogP contribution >= 0.6 is 11.3 Å². The molecule has 2 aromatic carbocycles. The summed E-state index contributed by atoms with van der Waals surface area (Å²) in [5, 5.41) is 4.77. The average molecular weight is 403 g/mol. The zero-order chi connectivity index (χ0) is 19.8. The number of fused-ring (bicyclic) bond motifs is 3. The van der Waals surface area contributed by atoms with Gasteiger partial charge in [0.25, 0.3) is 0 Å². The Balaban J connectivity index is 1.63. The fourth-order valence-corrected chi connectivity index (χ4v) is 4.68. The monoisotopic (exact) mass is 403 g/mol. The topological polar surface area (TPSA) is 37.3 Å². The number of amides is 2. The van der Waals surface area contributed by atoms with E-state index in [1.165, 1.54) is 6.07 Å². The predicted octanol–water partition coefficient (Wildman–Crippen LogP) is 5.82. The number of aromatic nitrogens is 1. The van der Waals surface area contributed by atoms with Gasteiger partial charge >= 0.3 is 6.03 Å². The lowest BCUT2D eigenvalue weighted by Gasteiger charge is -2.30. The van der Waals surface area contributed by atoms with Crippen LogP contribution in [0.1, 0.15) is 22.2 Å². The van der Waals surface area contributed by atoms with Gasteiger partial charge in [0.1, 0.15) is 11.9 Å². The van der Waals surface area contributed by atoms with E-state index in [4.69, 9.17) is 0 Å². The van der Waals surface area contributed by atoms with Crippen LogP contribution in [0.15, 0.2) is 84.4 Å². The van der Waals surface area contributed by atoms with Crippen LogP contribution in [0.2, 0.25) is 0 Å². The van der Waals surface area contributed by atoms with Gasteiger partial charge in [0.2, 0.25) is 0 Å². The molecular weight excluding hydrogens is 385 g/mol. The Morgan fingerprint density at radius 1 is 1.00 bits per heavy atom. The number of rotatable bonds is 2. The molecule has 1 aliphatic heterocycles. The Kier molecular flexibility index (Phi) is 4.41. The van der Waals surface area contributed by atoms with Crippen LogP contribution in [0.4, 0.5) is 14.9 Å². The molecule has 1 N–H and O–H groups in total. The van der Waals surface area contributed by atoms with Crippen molar-refractivity contribution in [3.63, 3.8) is 0 Å². The third kappa shape index (κ3) is 3.11. The van der Waals surface area contributed by atoms with Crippen molar-refractivity contribution in [1.82, 2.24) is 9.47 Å². The molecule has 0 saturated carbocycles. The number of urea groups is 1. The number of nitrogens with one attached hydrogen (secondary N) is 1. The van der Waals surface area contributed by atoms with Crippen molar-refractivity contribution >= 4 is 23.1 Å². The molecule has 1 aliphatic rings. The second kappa shape index (κ2) is 7.22. The third-order valence-corrected chi connectivity index (χ3v) is 6.08. The lowest BCUT2D eigenvalue weighted by Crippen LogP contribution is -2.37. The average Bonchev–Trinajstić information content (AvgIpc) is 3.41. The van der Waals surface area contributed by atoms with Gasteiger partial charge in [-0.3, -0.25) is 0 Å². The summed E-state index contributed by atoms with van der Waals surface area (Å²) >= 11 is 1.61. The highest BCUT2D eigenvalue weighted by Gasteiger charge is 2.33. The highest BCUT2D eigenvalue weighted by Crippen LogP contribution is 2.38. The van der Waals surface area contributed by atoms with Crippen LogP contribution < -0.4 is 5.32 Å². The summed E-state index contributed by atoms with van der Waals surface area (Å²) in [6.07, 6.45) is 2.02. The number of anilines is 1. The van der Waals surface area contributed by atoms with Gasteiger partial charge in [-0.1, -0.05) is 36.4 Å². The van der Waals surface area contributed by atoms with Crippen LogP contribution in [-0.2, 0) is 6.54 Å². The number of thiophene rings is 1. The van der Waals surface area contributed by atoms with E-state index in [0.717, 1.165) is 21.8 Å². The minimum Gasteiger partial charge on any atom is -0.318 e. The van der Waals surface area contributed by atoms with Gasteiger partial charge in [0, 0.05) is 11.1 Å². The van der Waals surface area contributed by atoms with Gasteiger partial charge in [-0.05, 0) is 47.3 Å². The summed E-state index contributed by atoms with van der Waals surface area (Å²) in [6, 6.07) is 21.7. The van der Waals surface area contributed by atoms with Gasteiger partial charge in [0.05, 0.1) is 23.6 Å². The van der Waals surface area contributed by atoms with E-state index in [0.29, 0.717) is 6.54 Å². The van der Waals surface area contributed by atoms with Gasteiger partial charge in [0.15, 0.2) is 0 Å². The Bertz CT molecular complexity index is 1170. The molecule has 4 nitrogen and oxygen atoms in total. The van der Waals surface area contributed by atoms with Crippen molar-refractivity contribution in [2.45, 2.75) is 12.6 Å². The van der Waals surface area contributed by atoms with Gasteiger partial charge in [-0.25, -0.2) is 9.18 Å². The first-order valence-electron chi connectivity index (χ1n) is 9.33. The SMILES string of the molecule is O=C(Nc1ccccc1F)N1Cc2ccccc2-n2cccc2[C@H]1c1cccs1. The van der Waals surface area contributed by atoms with E-state index in [-0.39, 0.29) is 17.8 Å². The van der Waals surface area contributed by atoms with Crippen molar-refractivity contribution in [1.29, 1.82) is 0 Å². The number of carbonyl (C=O) groups is 1. The number of para-hydroxylation sites is 2. The molecule has 5 rings (SSSR count). The first-order valence-corrected chi connectivity index (χ1v) is 10.2. The molecule has 29 heavy (non-hydrogen) atoms. The van der Waals surface area contributed by atoms with E-state index >= 15 is 0 Å². The summed E-state index contributed by atoms with van der Waals surface area (Å²) in [5.74, 6) is -0.452. The summed E-state index contributed by atoms with van der Waals surface area (Å²) in [6.45, 7) is 0.417. The van der Waals surface area contributed by atoms with Crippen LogP contribution in [0.3, 0.4) is 0 Å². The normalized spacial score (nSPS) is 15.3. The summed E-state index contributed by atoms with van der Waals surface area (Å²) in [7, 11) is 0. The molecular formula is C23H18FN3OS. The lowest BCUT2D eigenvalue weighted by molar-refractivity contribution is 0.195. The molecule has 0 saturated heterocycles. The maximum atomic E-state index is 14.2.